The van der Waals surface area contributed by atoms with Gasteiger partial charge in [0.15, 0.2) is 0 Å². The molecule has 26 heavy (non-hydrogen) atoms. The van der Waals surface area contributed by atoms with Crippen LogP contribution in [0.3, 0.4) is 0 Å². The second kappa shape index (κ2) is 7.07. The number of rotatable bonds is 2. The van der Waals surface area contributed by atoms with E-state index in [-0.39, 0.29) is 32.1 Å². The van der Waals surface area contributed by atoms with Crippen LogP contribution >= 0.6 is 23.2 Å². The van der Waals surface area contributed by atoms with Gasteiger partial charge in [-0.25, -0.2) is 0 Å². The summed E-state index contributed by atoms with van der Waals surface area (Å²) in [4.78, 5) is 0. The summed E-state index contributed by atoms with van der Waals surface area (Å²) in [5, 5.41) is 13.4. The lowest BCUT2D eigenvalue weighted by Crippen LogP contribution is -2.46. The van der Waals surface area contributed by atoms with E-state index in [2.05, 4.69) is 5.10 Å². The number of hydrogen-bond acceptors (Lipinski definition) is 2. The van der Waals surface area contributed by atoms with Crippen LogP contribution in [0.4, 0.5) is 18.9 Å². The first-order valence-corrected chi connectivity index (χ1v) is 8.85. The number of nitriles is 1. The average molecular weight is 401 g/mol. The van der Waals surface area contributed by atoms with E-state index in [0.29, 0.717) is 0 Å². The first-order chi connectivity index (χ1) is 12.3. The SMILES string of the molecule is N#CC1=N[N+](c2c(Cl)cc(C(F)(F)F)cc2Cl)(C2C=CCCCC2)C=C1. The Morgan fingerprint density at radius 1 is 1.19 bits per heavy atom. The van der Waals surface area contributed by atoms with Gasteiger partial charge in [0, 0.05) is 12.5 Å². The van der Waals surface area contributed by atoms with E-state index in [0.717, 1.165) is 37.8 Å². The maximum Gasteiger partial charge on any atom is 0.416 e. The third kappa shape index (κ3) is 3.39. The highest BCUT2D eigenvalue weighted by atomic mass is 35.5. The quantitative estimate of drug-likeness (QED) is 0.428. The smallest absolute Gasteiger partial charge is 0.190 e. The fourth-order valence-corrected chi connectivity index (χ4v) is 4.09. The first-order valence-electron chi connectivity index (χ1n) is 8.09. The monoisotopic (exact) mass is 400 g/mol. The first kappa shape index (κ1) is 19.0. The van der Waals surface area contributed by atoms with E-state index < -0.39 is 11.7 Å². The Balaban J connectivity index is 2.20. The third-order valence-corrected chi connectivity index (χ3v) is 5.11. The molecule has 0 saturated heterocycles. The molecule has 0 bridgehead atoms. The maximum atomic E-state index is 13.1. The molecule has 1 aliphatic carbocycles. The Kier molecular flexibility index (Phi) is 5.16. The van der Waals surface area contributed by atoms with Gasteiger partial charge in [-0.05, 0) is 37.5 Å². The highest BCUT2D eigenvalue weighted by Gasteiger charge is 2.45. The van der Waals surface area contributed by atoms with E-state index in [1.165, 1.54) is 0 Å². The number of hydrogen-bond donors (Lipinski definition) is 0. The average Bonchev–Trinajstić information content (AvgIpc) is 2.81. The second-order valence-electron chi connectivity index (χ2n) is 6.22. The van der Waals surface area contributed by atoms with Crippen LogP contribution in [0.25, 0.3) is 0 Å². The van der Waals surface area contributed by atoms with E-state index in [1.807, 2.05) is 18.2 Å². The Morgan fingerprint density at radius 3 is 2.46 bits per heavy atom. The van der Waals surface area contributed by atoms with Crippen molar-refractivity contribution in [1.82, 2.24) is 4.59 Å². The molecule has 1 heterocycles. The van der Waals surface area contributed by atoms with Gasteiger partial charge in [0.2, 0.25) is 11.4 Å². The zero-order valence-electron chi connectivity index (χ0n) is 13.6. The molecule has 2 aliphatic rings. The molecule has 2 atom stereocenters. The number of alkyl halides is 3. The molecular formula is C18H15Cl2F3N3+. The van der Waals surface area contributed by atoms with Crippen LogP contribution in [-0.2, 0) is 6.18 Å². The van der Waals surface area contributed by atoms with Gasteiger partial charge in [-0.2, -0.15) is 18.4 Å². The van der Waals surface area contributed by atoms with Crippen LogP contribution in [0, 0.1) is 11.3 Å². The molecule has 0 saturated carbocycles. The summed E-state index contributed by atoms with van der Waals surface area (Å²) in [6, 6.07) is 3.49. The Bertz CT molecular complexity index is 829. The predicted octanol–water partition coefficient (Wildman–Crippen LogP) is 6.23. The molecule has 0 aromatic heterocycles. The molecule has 136 valence electrons. The predicted molar refractivity (Wildman–Crippen MR) is 96.8 cm³/mol. The van der Waals surface area contributed by atoms with Gasteiger partial charge in [0.1, 0.15) is 28.4 Å². The molecule has 1 aromatic rings. The van der Waals surface area contributed by atoms with Crippen LogP contribution in [-0.4, -0.2) is 11.8 Å². The molecule has 1 aliphatic heterocycles. The zero-order chi connectivity index (χ0) is 18.9. The van der Waals surface area contributed by atoms with E-state index in [1.54, 1.807) is 12.3 Å². The molecule has 8 heteroatoms. The molecule has 2 unspecified atom stereocenters. The number of nitrogens with zero attached hydrogens (tertiary/aromatic N) is 3. The van der Waals surface area contributed by atoms with Crippen molar-refractivity contribution in [3.05, 3.63) is 52.2 Å². The summed E-state index contributed by atoms with van der Waals surface area (Å²) in [6.45, 7) is 0. The highest BCUT2D eigenvalue weighted by Crippen LogP contribution is 2.47. The fraction of sp³-hybridized carbons (Fsp3) is 0.333. The topological polar surface area (TPSA) is 36.1 Å². The van der Waals surface area contributed by atoms with Crippen LogP contribution in [0.1, 0.15) is 31.2 Å². The van der Waals surface area contributed by atoms with Crippen molar-refractivity contribution < 1.29 is 13.2 Å². The van der Waals surface area contributed by atoms with E-state index in [9.17, 15) is 18.4 Å². The van der Waals surface area contributed by atoms with Gasteiger partial charge in [-0.15, -0.1) is 4.59 Å². The van der Waals surface area contributed by atoms with Crippen molar-refractivity contribution in [2.75, 3.05) is 0 Å². The molecule has 0 radical (unpaired) electrons. The summed E-state index contributed by atoms with van der Waals surface area (Å²) in [5.74, 6) is 0. The molecule has 3 nitrogen and oxygen atoms in total. The minimum atomic E-state index is -4.55. The summed E-state index contributed by atoms with van der Waals surface area (Å²) in [5.41, 5.74) is -0.493. The lowest BCUT2D eigenvalue weighted by Gasteiger charge is -2.33. The number of benzene rings is 1. The highest BCUT2D eigenvalue weighted by molar-refractivity contribution is 6.39. The van der Waals surface area contributed by atoms with Gasteiger partial charge >= 0.3 is 6.18 Å². The minimum Gasteiger partial charge on any atom is -0.190 e. The summed E-state index contributed by atoms with van der Waals surface area (Å²) >= 11 is 12.5. The van der Waals surface area contributed by atoms with Crippen LogP contribution in [0.2, 0.25) is 10.0 Å². The standard InChI is InChI=1S/C18H15Cl2F3N3/c19-15-9-12(18(21,22)23)10-16(20)17(15)26(8-7-13(11-24)25-26)14-5-3-1-2-4-6-14/h3,5,7-10,14H,1-2,4,6H2/q+1. The third-order valence-electron chi connectivity index (χ3n) is 4.53. The summed E-state index contributed by atoms with van der Waals surface area (Å²) in [6.07, 6.45) is 6.27. The Hall–Kier alpha value is -1.81. The van der Waals surface area contributed by atoms with Crippen LogP contribution in [0.5, 0.6) is 0 Å². The molecule has 0 fully saturated rings. The zero-order valence-corrected chi connectivity index (χ0v) is 15.1. The molecular weight excluding hydrogens is 386 g/mol. The summed E-state index contributed by atoms with van der Waals surface area (Å²) < 4.78 is 39.0. The van der Waals surface area contributed by atoms with E-state index >= 15 is 0 Å². The second-order valence-corrected chi connectivity index (χ2v) is 7.03. The number of allylic oxidation sites excluding steroid dienone is 2. The maximum absolute atomic E-state index is 13.1. The normalized spacial score (nSPS) is 25.7. The minimum absolute atomic E-state index is 0.130. The number of quaternary nitrogens is 1. The van der Waals surface area contributed by atoms with Crippen molar-refractivity contribution in [3.63, 3.8) is 0 Å². The summed E-state index contributed by atoms with van der Waals surface area (Å²) in [7, 11) is 0. The van der Waals surface area contributed by atoms with Gasteiger partial charge in [0.05, 0.1) is 5.56 Å². The molecule has 3 rings (SSSR count). The largest absolute Gasteiger partial charge is 0.416 e. The van der Waals surface area contributed by atoms with Crippen molar-refractivity contribution in [1.29, 1.82) is 5.26 Å². The fourth-order valence-electron chi connectivity index (χ4n) is 3.33. The van der Waals surface area contributed by atoms with Gasteiger partial charge in [-0.3, -0.25) is 0 Å². The number of halogens is 5. The lowest BCUT2D eigenvalue weighted by molar-refractivity contribution is -0.137. The van der Waals surface area contributed by atoms with Crippen molar-refractivity contribution in [2.45, 2.75) is 37.9 Å². The van der Waals surface area contributed by atoms with Crippen LogP contribution in [0.15, 0.2) is 41.7 Å². The molecule has 0 spiro atoms. The van der Waals surface area contributed by atoms with E-state index in [4.69, 9.17) is 23.2 Å². The molecule has 0 amide bonds. The molecule has 1 aromatic carbocycles. The molecule has 0 N–H and O–H groups in total. The van der Waals surface area contributed by atoms with Gasteiger partial charge in [0.25, 0.3) is 0 Å². The van der Waals surface area contributed by atoms with Crippen molar-refractivity contribution in [2.24, 2.45) is 5.10 Å². The van der Waals surface area contributed by atoms with Gasteiger partial charge < -0.3 is 0 Å². The van der Waals surface area contributed by atoms with Crippen LogP contribution < -0.4 is 4.59 Å². The Labute approximate surface area is 159 Å². The van der Waals surface area contributed by atoms with Gasteiger partial charge in [-0.1, -0.05) is 34.4 Å². The van der Waals surface area contributed by atoms with Crippen molar-refractivity contribution in [3.8, 4) is 6.07 Å². The van der Waals surface area contributed by atoms with Crippen molar-refractivity contribution >= 4 is 34.6 Å². The lowest BCUT2D eigenvalue weighted by atomic mass is 10.1. The Morgan fingerprint density at radius 2 is 1.88 bits per heavy atom.